The first-order valence-corrected chi connectivity index (χ1v) is 7.43. The summed E-state index contributed by atoms with van der Waals surface area (Å²) >= 11 is 1.60. The van der Waals surface area contributed by atoms with Crippen molar-refractivity contribution in [1.82, 2.24) is 4.98 Å². The first-order chi connectivity index (χ1) is 9.36. The molecule has 1 aromatic carbocycles. The maximum Gasteiger partial charge on any atom is 0.161 e. The quantitative estimate of drug-likeness (QED) is 0.763. The lowest BCUT2D eigenvalue weighted by atomic mass is 9.87. The number of hydrogen-bond acceptors (Lipinski definition) is 3. The van der Waals surface area contributed by atoms with Crippen LogP contribution in [0.2, 0.25) is 0 Å². The molecule has 0 radical (unpaired) electrons. The van der Waals surface area contributed by atoms with Crippen LogP contribution in [-0.2, 0) is 5.41 Å². The minimum absolute atomic E-state index is 0.0450. The van der Waals surface area contributed by atoms with Crippen LogP contribution in [0.1, 0.15) is 43.6 Å². The average Bonchev–Trinajstić information content (AvgIpc) is 2.39. The van der Waals surface area contributed by atoms with Crippen LogP contribution in [0.3, 0.4) is 0 Å². The fourth-order valence-corrected chi connectivity index (χ4v) is 2.55. The van der Waals surface area contributed by atoms with E-state index in [9.17, 15) is 4.79 Å². The number of nitrogens with zero attached hydrogens (tertiary/aromatic N) is 1. The molecule has 2 nitrogen and oxygen atoms in total. The fourth-order valence-electron chi connectivity index (χ4n) is 1.79. The van der Waals surface area contributed by atoms with E-state index in [0.717, 1.165) is 9.92 Å². The Hall–Kier alpha value is -1.61. The summed E-state index contributed by atoms with van der Waals surface area (Å²) in [6, 6.07) is 12.3. The summed E-state index contributed by atoms with van der Waals surface area (Å²) in [6.45, 7) is 8.17. The van der Waals surface area contributed by atoms with Gasteiger partial charge in [0.05, 0.1) is 0 Å². The van der Waals surface area contributed by atoms with Crippen molar-refractivity contribution in [2.24, 2.45) is 0 Å². The highest BCUT2D eigenvalue weighted by Crippen LogP contribution is 2.29. The van der Waals surface area contributed by atoms with Crippen molar-refractivity contribution in [3.05, 3.63) is 53.7 Å². The van der Waals surface area contributed by atoms with Gasteiger partial charge in [0.2, 0.25) is 0 Å². The van der Waals surface area contributed by atoms with Crippen LogP contribution >= 0.6 is 11.8 Å². The molecule has 0 saturated heterocycles. The number of carbonyl (C=O) groups excluding carboxylic acids is 1. The highest BCUT2D eigenvalue weighted by atomic mass is 32.2. The van der Waals surface area contributed by atoms with Crippen molar-refractivity contribution >= 4 is 17.5 Å². The summed E-state index contributed by atoms with van der Waals surface area (Å²) in [4.78, 5) is 16.7. The summed E-state index contributed by atoms with van der Waals surface area (Å²) < 4.78 is 0. The van der Waals surface area contributed by atoms with Gasteiger partial charge in [-0.2, -0.15) is 0 Å². The number of ketones is 1. The van der Waals surface area contributed by atoms with Crippen molar-refractivity contribution in [1.29, 1.82) is 0 Å². The van der Waals surface area contributed by atoms with Crippen LogP contribution in [0.15, 0.2) is 52.5 Å². The Balaban J connectivity index is 2.12. The predicted octanol–water partition coefficient (Wildman–Crippen LogP) is 4.73. The third-order valence-corrected chi connectivity index (χ3v) is 4.04. The molecule has 0 amide bonds. The van der Waals surface area contributed by atoms with E-state index in [1.807, 2.05) is 12.1 Å². The van der Waals surface area contributed by atoms with Gasteiger partial charge < -0.3 is 0 Å². The molecule has 0 aliphatic carbocycles. The molecular formula is C17H19NOS. The lowest BCUT2D eigenvalue weighted by Gasteiger charge is -2.18. The van der Waals surface area contributed by atoms with E-state index in [1.165, 1.54) is 5.56 Å². The van der Waals surface area contributed by atoms with Crippen LogP contribution < -0.4 is 0 Å². The molecule has 0 unspecified atom stereocenters. The number of hydrogen-bond donors (Lipinski definition) is 0. The normalized spacial score (nSPS) is 11.4. The Morgan fingerprint density at radius 3 is 2.15 bits per heavy atom. The van der Waals surface area contributed by atoms with Gasteiger partial charge in [0.15, 0.2) is 5.78 Å². The van der Waals surface area contributed by atoms with Crippen molar-refractivity contribution in [3.63, 3.8) is 0 Å². The molecule has 0 aliphatic rings. The monoisotopic (exact) mass is 285 g/mol. The zero-order valence-corrected chi connectivity index (χ0v) is 13.1. The van der Waals surface area contributed by atoms with Gasteiger partial charge in [0.1, 0.15) is 5.03 Å². The largest absolute Gasteiger partial charge is 0.294 e. The van der Waals surface area contributed by atoms with E-state index in [4.69, 9.17) is 0 Å². The molecule has 0 N–H and O–H groups in total. The molecule has 3 heteroatoms. The van der Waals surface area contributed by atoms with Crippen LogP contribution in [0.25, 0.3) is 0 Å². The number of Topliss-reactive ketones (excluding diaryl/α,β-unsaturated/α-hetero) is 1. The second kappa shape index (κ2) is 5.80. The molecule has 0 bridgehead atoms. The van der Waals surface area contributed by atoms with Gasteiger partial charge in [-0.15, -0.1) is 0 Å². The molecule has 1 aromatic heterocycles. The Morgan fingerprint density at radius 1 is 1.05 bits per heavy atom. The first-order valence-electron chi connectivity index (χ1n) is 6.61. The van der Waals surface area contributed by atoms with E-state index >= 15 is 0 Å². The van der Waals surface area contributed by atoms with Crippen molar-refractivity contribution in [2.75, 3.05) is 0 Å². The number of carbonyl (C=O) groups is 1. The standard InChI is InChI=1S/C17H19NOS/c1-12(19)13-5-10-16(18-11-13)20-15-8-6-14(7-9-15)17(2,3)4/h5-11H,1-4H3. The topological polar surface area (TPSA) is 30.0 Å². The molecule has 0 atom stereocenters. The minimum atomic E-state index is 0.0450. The molecule has 104 valence electrons. The third kappa shape index (κ3) is 3.70. The summed E-state index contributed by atoms with van der Waals surface area (Å²) in [7, 11) is 0. The Bertz CT molecular complexity index is 594. The molecule has 20 heavy (non-hydrogen) atoms. The Kier molecular flexibility index (Phi) is 4.29. The Labute approximate surface area is 124 Å². The number of pyridine rings is 1. The smallest absolute Gasteiger partial charge is 0.161 e. The second-order valence-corrected chi connectivity index (χ2v) is 6.91. The molecule has 0 aliphatic heterocycles. The SMILES string of the molecule is CC(=O)c1ccc(Sc2ccc(C(C)(C)C)cc2)nc1. The minimum Gasteiger partial charge on any atom is -0.294 e. The van der Waals surface area contributed by atoms with Gasteiger partial charge in [-0.25, -0.2) is 4.98 Å². The van der Waals surface area contributed by atoms with E-state index in [-0.39, 0.29) is 11.2 Å². The zero-order valence-electron chi connectivity index (χ0n) is 12.3. The van der Waals surface area contributed by atoms with Gasteiger partial charge in [-0.1, -0.05) is 44.7 Å². The number of benzene rings is 1. The summed E-state index contributed by atoms with van der Waals surface area (Å²) in [5, 5.41) is 0.901. The Morgan fingerprint density at radius 2 is 1.70 bits per heavy atom. The summed E-state index contributed by atoms with van der Waals surface area (Å²) in [5.41, 5.74) is 2.14. The lowest BCUT2D eigenvalue weighted by Crippen LogP contribution is -2.10. The van der Waals surface area contributed by atoms with Gasteiger partial charge >= 0.3 is 0 Å². The van der Waals surface area contributed by atoms with Gasteiger partial charge in [0, 0.05) is 16.7 Å². The molecule has 1 heterocycles. The number of aromatic nitrogens is 1. The highest BCUT2D eigenvalue weighted by Gasteiger charge is 2.13. The van der Waals surface area contributed by atoms with E-state index in [0.29, 0.717) is 5.56 Å². The zero-order chi connectivity index (χ0) is 14.8. The van der Waals surface area contributed by atoms with Crippen LogP contribution in [0.5, 0.6) is 0 Å². The van der Waals surface area contributed by atoms with Crippen molar-refractivity contribution < 1.29 is 4.79 Å². The van der Waals surface area contributed by atoms with E-state index in [1.54, 1.807) is 24.9 Å². The molecule has 0 spiro atoms. The molecule has 2 aromatic rings. The summed E-state index contributed by atoms with van der Waals surface area (Å²) in [5.74, 6) is 0.0450. The van der Waals surface area contributed by atoms with Crippen LogP contribution in [0.4, 0.5) is 0 Å². The predicted molar refractivity (Wildman–Crippen MR) is 83.5 cm³/mol. The van der Waals surface area contributed by atoms with Crippen LogP contribution in [0, 0.1) is 0 Å². The van der Waals surface area contributed by atoms with Crippen molar-refractivity contribution in [3.8, 4) is 0 Å². The first kappa shape index (κ1) is 14.8. The molecule has 0 fully saturated rings. The molecule has 2 rings (SSSR count). The molecule has 0 saturated carbocycles. The van der Waals surface area contributed by atoms with E-state index < -0.39 is 0 Å². The summed E-state index contributed by atoms with van der Waals surface area (Å²) in [6.07, 6.45) is 1.63. The second-order valence-electron chi connectivity index (χ2n) is 5.82. The number of rotatable bonds is 3. The van der Waals surface area contributed by atoms with E-state index in [2.05, 4.69) is 50.0 Å². The van der Waals surface area contributed by atoms with Crippen molar-refractivity contribution in [2.45, 2.75) is 43.0 Å². The molecular weight excluding hydrogens is 266 g/mol. The maximum atomic E-state index is 11.2. The van der Waals surface area contributed by atoms with Gasteiger partial charge in [0.25, 0.3) is 0 Å². The maximum absolute atomic E-state index is 11.2. The average molecular weight is 285 g/mol. The van der Waals surface area contributed by atoms with Gasteiger partial charge in [-0.3, -0.25) is 4.79 Å². The fraction of sp³-hybridized carbons (Fsp3) is 0.294. The highest BCUT2D eigenvalue weighted by molar-refractivity contribution is 7.99. The van der Waals surface area contributed by atoms with Gasteiger partial charge in [-0.05, 0) is 42.2 Å². The third-order valence-electron chi connectivity index (χ3n) is 3.09. The lowest BCUT2D eigenvalue weighted by molar-refractivity contribution is 0.101. The van der Waals surface area contributed by atoms with Crippen LogP contribution in [-0.4, -0.2) is 10.8 Å².